The lowest BCUT2D eigenvalue weighted by molar-refractivity contribution is -0.126. The second-order valence-corrected chi connectivity index (χ2v) is 11.0. The van der Waals surface area contributed by atoms with E-state index in [1.165, 1.54) is 35.5 Å². The normalized spacial score (nSPS) is 16.3. The van der Waals surface area contributed by atoms with Gasteiger partial charge in [-0.1, -0.05) is 48.5 Å². The van der Waals surface area contributed by atoms with E-state index in [2.05, 4.69) is 5.32 Å². The SMILES string of the molecule is CC(=O)c1ccc(S(=O)(=O)N2CCC(C(=O)N[C@H](c3ccccc3)c3cccs3)CC2)cc1. The maximum atomic E-state index is 13.1. The molecular formula is C25H26N2O4S2. The molecule has 1 aromatic heterocycles. The van der Waals surface area contributed by atoms with Crippen LogP contribution in [0.2, 0.25) is 0 Å². The van der Waals surface area contributed by atoms with Gasteiger partial charge in [0.25, 0.3) is 0 Å². The number of rotatable bonds is 7. The van der Waals surface area contributed by atoms with Crippen molar-refractivity contribution in [3.63, 3.8) is 0 Å². The number of piperidine rings is 1. The van der Waals surface area contributed by atoms with Crippen molar-refractivity contribution < 1.29 is 18.0 Å². The number of benzene rings is 2. The first-order valence-electron chi connectivity index (χ1n) is 10.9. The lowest BCUT2D eigenvalue weighted by atomic mass is 9.96. The second kappa shape index (κ2) is 9.99. The minimum absolute atomic E-state index is 0.0555. The van der Waals surface area contributed by atoms with Crippen LogP contribution in [0.3, 0.4) is 0 Å². The highest BCUT2D eigenvalue weighted by Gasteiger charge is 2.33. The lowest BCUT2D eigenvalue weighted by Gasteiger charge is -2.31. The van der Waals surface area contributed by atoms with E-state index in [9.17, 15) is 18.0 Å². The van der Waals surface area contributed by atoms with Crippen molar-refractivity contribution in [2.45, 2.75) is 30.7 Å². The van der Waals surface area contributed by atoms with Crippen LogP contribution in [0.1, 0.15) is 46.6 Å². The molecule has 6 nitrogen and oxygen atoms in total. The summed E-state index contributed by atoms with van der Waals surface area (Å²) in [6.07, 6.45) is 0.922. The molecule has 1 aliphatic rings. The van der Waals surface area contributed by atoms with Crippen molar-refractivity contribution in [3.05, 3.63) is 88.1 Å². The smallest absolute Gasteiger partial charge is 0.243 e. The van der Waals surface area contributed by atoms with Gasteiger partial charge in [-0.2, -0.15) is 4.31 Å². The summed E-state index contributed by atoms with van der Waals surface area (Å²) in [6, 6.07) is 19.6. The molecule has 172 valence electrons. The molecule has 1 amide bonds. The molecule has 0 saturated carbocycles. The highest BCUT2D eigenvalue weighted by Crippen LogP contribution is 2.29. The number of ketones is 1. The topological polar surface area (TPSA) is 83.6 Å². The third kappa shape index (κ3) is 5.24. The number of nitrogens with one attached hydrogen (secondary N) is 1. The summed E-state index contributed by atoms with van der Waals surface area (Å²) < 4.78 is 27.4. The zero-order chi connectivity index (χ0) is 23.4. The van der Waals surface area contributed by atoms with E-state index in [4.69, 9.17) is 0 Å². The van der Waals surface area contributed by atoms with Crippen LogP contribution in [-0.2, 0) is 14.8 Å². The van der Waals surface area contributed by atoms with Crippen LogP contribution in [0.5, 0.6) is 0 Å². The first-order chi connectivity index (χ1) is 15.9. The van der Waals surface area contributed by atoms with Crippen LogP contribution >= 0.6 is 11.3 Å². The fourth-order valence-corrected chi connectivity index (χ4v) is 6.32. The molecule has 1 saturated heterocycles. The van der Waals surface area contributed by atoms with Crippen molar-refractivity contribution in [2.75, 3.05) is 13.1 Å². The molecule has 0 unspecified atom stereocenters. The number of carbonyl (C=O) groups is 2. The van der Waals surface area contributed by atoms with Gasteiger partial charge < -0.3 is 5.32 Å². The van der Waals surface area contributed by atoms with Crippen molar-refractivity contribution in [3.8, 4) is 0 Å². The summed E-state index contributed by atoms with van der Waals surface area (Å²) in [5.74, 6) is -0.412. The summed E-state index contributed by atoms with van der Waals surface area (Å²) in [7, 11) is -3.66. The Labute approximate surface area is 198 Å². The monoisotopic (exact) mass is 482 g/mol. The molecule has 0 radical (unpaired) electrons. The summed E-state index contributed by atoms with van der Waals surface area (Å²) in [4.78, 5) is 25.8. The maximum Gasteiger partial charge on any atom is 0.243 e. The van der Waals surface area contributed by atoms with Gasteiger partial charge in [-0.15, -0.1) is 11.3 Å². The quantitative estimate of drug-likeness (QED) is 0.510. The molecule has 8 heteroatoms. The van der Waals surface area contributed by atoms with E-state index in [0.717, 1.165) is 10.4 Å². The highest BCUT2D eigenvalue weighted by atomic mass is 32.2. The van der Waals surface area contributed by atoms with Crippen molar-refractivity contribution in [2.24, 2.45) is 5.92 Å². The summed E-state index contributed by atoms with van der Waals surface area (Å²) in [6.45, 7) is 2.01. The summed E-state index contributed by atoms with van der Waals surface area (Å²) in [5, 5.41) is 5.17. The second-order valence-electron chi connectivity index (χ2n) is 8.13. The Kier molecular flexibility index (Phi) is 7.07. The molecular weight excluding hydrogens is 456 g/mol. The molecule has 0 spiro atoms. The highest BCUT2D eigenvalue weighted by molar-refractivity contribution is 7.89. The van der Waals surface area contributed by atoms with Gasteiger partial charge in [-0.3, -0.25) is 9.59 Å². The number of nitrogens with zero attached hydrogens (tertiary/aromatic N) is 1. The number of Topliss-reactive ketones (excluding diaryl/α,β-unsaturated/α-hetero) is 1. The lowest BCUT2D eigenvalue weighted by Crippen LogP contribution is -2.43. The number of thiophene rings is 1. The Morgan fingerprint density at radius 3 is 2.21 bits per heavy atom. The molecule has 0 bridgehead atoms. The number of amides is 1. The van der Waals surface area contributed by atoms with Crippen LogP contribution < -0.4 is 5.32 Å². The van der Waals surface area contributed by atoms with Crippen molar-refractivity contribution >= 4 is 33.1 Å². The fraction of sp³-hybridized carbons (Fsp3) is 0.280. The average molecular weight is 483 g/mol. The van der Waals surface area contributed by atoms with Crippen LogP contribution in [0, 0.1) is 5.92 Å². The van der Waals surface area contributed by atoms with Gasteiger partial charge in [0.15, 0.2) is 5.78 Å². The largest absolute Gasteiger partial charge is 0.344 e. The molecule has 1 fully saturated rings. The van der Waals surface area contributed by atoms with Gasteiger partial charge in [-0.25, -0.2) is 8.42 Å². The van der Waals surface area contributed by atoms with Gasteiger partial charge in [0.2, 0.25) is 15.9 Å². The first-order valence-corrected chi connectivity index (χ1v) is 13.2. The molecule has 1 aliphatic heterocycles. The summed E-state index contributed by atoms with van der Waals surface area (Å²) >= 11 is 1.60. The Morgan fingerprint density at radius 1 is 0.970 bits per heavy atom. The van der Waals surface area contributed by atoms with Crippen molar-refractivity contribution in [1.82, 2.24) is 9.62 Å². The Morgan fingerprint density at radius 2 is 1.64 bits per heavy atom. The van der Waals surface area contributed by atoms with E-state index >= 15 is 0 Å². The van der Waals surface area contributed by atoms with Gasteiger partial charge in [0.05, 0.1) is 10.9 Å². The fourth-order valence-electron chi connectivity index (χ4n) is 4.05. The molecule has 1 atom stereocenters. The van der Waals surface area contributed by atoms with Gasteiger partial charge >= 0.3 is 0 Å². The average Bonchev–Trinajstić information content (AvgIpc) is 3.38. The third-order valence-electron chi connectivity index (χ3n) is 5.97. The molecule has 3 aromatic rings. The van der Waals surface area contributed by atoms with E-state index in [1.54, 1.807) is 11.3 Å². The molecule has 1 N–H and O–H groups in total. The van der Waals surface area contributed by atoms with E-state index in [1.807, 2.05) is 47.8 Å². The van der Waals surface area contributed by atoms with Crippen LogP contribution in [0.25, 0.3) is 0 Å². The molecule has 33 heavy (non-hydrogen) atoms. The number of carbonyl (C=O) groups excluding carboxylic acids is 2. The predicted octanol–water partition coefficient (Wildman–Crippen LogP) is 4.26. The van der Waals surface area contributed by atoms with Crippen molar-refractivity contribution in [1.29, 1.82) is 0 Å². The maximum absolute atomic E-state index is 13.1. The van der Waals surface area contributed by atoms with Gasteiger partial charge in [-0.05, 0) is 48.9 Å². The Bertz CT molecular complexity index is 1200. The third-order valence-corrected chi connectivity index (χ3v) is 8.82. The standard InChI is InChI=1S/C25H26N2O4S2/c1-18(28)19-9-11-22(12-10-19)33(30,31)27-15-13-21(14-16-27)25(29)26-24(23-8-5-17-32-23)20-6-3-2-4-7-20/h2-12,17,21,24H,13-16H2,1H3,(H,26,29)/t24-/m1/s1. The van der Waals surface area contributed by atoms with Crippen LogP contribution in [0.15, 0.2) is 77.0 Å². The van der Waals surface area contributed by atoms with E-state index in [-0.39, 0.29) is 41.6 Å². The zero-order valence-electron chi connectivity index (χ0n) is 18.3. The van der Waals surface area contributed by atoms with Crippen LogP contribution in [-0.4, -0.2) is 37.5 Å². The first kappa shape index (κ1) is 23.4. The number of hydrogen-bond donors (Lipinski definition) is 1. The molecule has 4 rings (SSSR count). The Balaban J connectivity index is 1.41. The molecule has 2 aromatic carbocycles. The minimum atomic E-state index is -3.66. The number of sulfonamides is 1. The van der Waals surface area contributed by atoms with Crippen LogP contribution in [0.4, 0.5) is 0 Å². The van der Waals surface area contributed by atoms with Gasteiger partial charge in [0, 0.05) is 29.4 Å². The predicted molar refractivity (Wildman–Crippen MR) is 129 cm³/mol. The van der Waals surface area contributed by atoms with Gasteiger partial charge in [0.1, 0.15) is 0 Å². The van der Waals surface area contributed by atoms with E-state index in [0.29, 0.717) is 18.4 Å². The summed E-state index contributed by atoms with van der Waals surface area (Å²) in [5.41, 5.74) is 1.49. The zero-order valence-corrected chi connectivity index (χ0v) is 19.9. The molecule has 2 heterocycles. The molecule has 0 aliphatic carbocycles. The minimum Gasteiger partial charge on any atom is -0.344 e. The number of hydrogen-bond acceptors (Lipinski definition) is 5. The van der Waals surface area contributed by atoms with E-state index < -0.39 is 10.0 Å². The Hall–Kier alpha value is -2.81.